The van der Waals surface area contributed by atoms with Crippen LogP contribution in [0.4, 0.5) is 5.69 Å². The highest BCUT2D eigenvalue weighted by Gasteiger charge is 2.43. The van der Waals surface area contributed by atoms with E-state index in [1.807, 2.05) is 0 Å². The van der Waals surface area contributed by atoms with Crippen LogP contribution in [-0.4, -0.2) is 63.5 Å². The van der Waals surface area contributed by atoms with Crippen molar-refractivity contribution in [1.82, 2.24) is 0 Å². The van der Waals surface area contributed by atoms with Crippen molar-refractivity contribution in [1.29, 1.82) is 0 Å². The van der Waals surface area contributed by atoms with E-state index in [9.17, 15) is 20.1 Å². The van der Waals surface area contributed by atoms with Gasteiger partial charge in [0.25, 0.3) is 0 Å². The number of carbonyl (C=O) groups is 1. The zero-order chi connectivity index (χ0) is 15.6. The molecule has 21 heavy (non-hydrogen) atoms. The second kappa shape index (κ2) is 6.50. The topological polar surface area (TPSA) is 119 Å². The Kier molecular flexibility index (Phi) is 4.92. The molecule has 2 rings (SSSR count). The molecule has 1 saturated heterocycles. The van der Waals surface area contributed by atoms with Gasteiger partial charge in [-0.15, -0.1) is 0 Å². The lowest BCUT2D eigenvalue weighted by Crippen LogP contribution is -2.60. The Labute approximate surface area is 121 Å². The summed E-state index contributed by atoms with van der Waals surface area (Å²) in [5.74, 6) is -0.0607. The molecule has 0 amide bonds. The highest BCUT2D eigenvalue weighted by Crippen LogP contribution is 2.23. The quantitative estimate of drug-likeness (QED) is 0.457. The summed E-state index contributed by atoms with van der Waals surface area (Å²) in [7, 11) is 0. The Bertz CT molecular complexity index is 489. The van der Waals surface area contributed by atoms with Crippen molar-refractivity contribution in [3.05, 3.63) is 29.8 Å². The number of Topliss-reactive ketones (excluding diaryl/α,β-unsaturated/α-hetero) is 1. The molecule has 1 heterocycles. The Morgan fingerprint density at radius 3 is 2.29 bits per heavy atom. The SMILES string of the molecule is CC(=O)c1ccc(N[C@@H]2O[C@@H](CO)[C@@H](O)[C@@H](O)[C@H]2O)cc1. The van der Waals surface area contributed by atoms with E-state index in [4.69, 9.17) is 9.84 Å². The van der Waals surface area contributed by atoms with Crippen LogP contribution in [0.5, 0.6) is 0 Å². The fourth-order valence-electron chi connectivity index (χ4n) is 2.19. The van der Waals surface area contributed by atoms with Crippen molar-refractivity contribution in [2.45, 2.75) is 37.6 Å². The number of hydrogen-bond donors (Lipinski definition) is 5. The molecule has 0 unspecified atom stereocenters. The minimum Gasteiger partial charge on any atom is -0.394 e. The molecule has 5 atom stereocenters. The third kappa shape index (κ3) is 3.39. The number of anilines is 1. The van der Waals surface area contributed by atoms with Gasteiger partial charge in [-0.05, 0) is 31.2 Å². The van der Waals surface area contributed by atoms with Crippen LogP contribution in [-0.2, 0) is 4.74 Å². The minimum atomic E-state index is -1.43. The van der Waals surface area contributed by atoms with Gasteiger partial charge >= 0.3 is 0 Å². The molecule has 1 aromatic rings. The largest absolute Gasteiger partial charge is 0.394 e. The van der Waals surface area contributed by atoms with Gasteiger partial charge in [0.1, 0.15) is 24.4 Å². The van der Waals surface area contributed by atoms with E-state index in [-0.39, 0.29) is 5.78 Å². The van der Waals surface area contributed by atoms with Crippen molar-refractivity contribution in [3.8, 4) is 0 Å². The van der Waals surface area contributed by atoms with Gasteiger partial charge in [0.2, 0.25) is 0 Å². The fourth-order valence-corrected chi connectivity index (χ4v) is 2.19. The second-order valence-corrected chi connectivity index (χ2v) is 5.03. The van der Waals surface area contributed by atoms with Gasteiger partial charge in [-0.25, -0.2) is 0 Å². The highest BCUT2D eigenvalue weighted by atomic mass is 16.6. The van der Waals surface area contributed by atoms with Crippen LogP contribution < -0.4 is 5.32 Å². The van der Waals surface area contributed by atoms with Crippen LogP contribution in [0.25, 0.3) is 0 Å². The maximum absolute atomic E-state index is 11.2. The smallest absolute Gasteiger partial charge is 0.159 e. The minimum absolute atomic E-state index is 0.0607. The molecule has 0 bridgehead atoms. The van der Waals surface area contributed by atoms with E-state index in [1.165, 1.54) is 6.92 Å². The summed E-state index contributed by atoms with van der Waals surface area (Å²) >= 11 is 0. The molecule has 0 radical (unpaired) electrons. The molecule has 0 saturated carbocycles. The fraction of sp³-hybridized carbons (Fsp3) is 0.500. The maximum atomic E-state index is 11.2. The van der Waals surface area contributed by atoms with Gasteiger partial charge in [-0.2, -0.15) is 0 Å². The summed E-state index contributed by atoms with van der Waals surface area (Å²) in [5.41, 5.74) is 1.12. The van der Waals surface area contributed by atoms with Crippen molar-refractivity contribution >= 4 is 11.5 Å². The summed E-state index contributed by atoms with van der Waals surface area (Å²) in [6.45, 7) is 0.979. The summed E-state index contributed by atoms with van der Waals surface area (Å²) in [5, 5.41) is 41.2. The van der Waals surface area contributed by atoms with Crippen LogP contribution in [0.3, 0.4) is 0 Å². The predicted molar refractivity (Wildman–Crippen MR) is 73.8 cm³/mol. The van der Waals surface area contributed by atoms with Crippen LogP contribution in [0.2, 0.25) is 0 Å². The molecule has 7 nitrogen and oxygen atoms in total. The standard InChI is InChI=1S/C14H19NO6/c1-7(17)8-2-4-9(5-3-8)15-14-13(20)12(19)11(18)10(6-16)21-14/h2-5,10-16,18-20H,6H2,1H3/t10-,11+,12+,13+,14+/m0/s1. The number of benzene rings is 1. The summed E-state index contributed by atoms with van der Waals surface area (Å²) in [4.78, 5) is 11.2. The molecule has 1 aromatic carbocycles. The molecule has 1 aliphatic rings. The van der Waals surface area contributed by atoms with E-state index in [1.54, 1.807) is 24.3 Å². The number of nitrogens with one attached hydrogen (secondary N) is 1. The third-order valence-electron chi connectivity index (χ3n) is 3.49. The van der Waals surface area contributed by atoms with Gasteiger partial charge in [-0.3, -0.25) is 4.79 Å². The molecular weight excluding hydrogens is 278 g/mol. The molecule has 0 spiro atoms. The zero-order valence-corrected chi connectivity index (χ0v) is 11.5. The van der Waals surface area contributed by atoms with Crippen LogP contribution in [0.15, 0.2) is 24.3 Å². The molecule has 0 aliphatic carbocycles. The zero-order valence-electron chi connectivity index (χ0n) is 11.5. The van der Waals surface area contributed by atoms with Crippen molar-refractivity contribution in [3.63, 3.8) is 0 Å². The average Bonchev–Trinajstić information content (AvgIpc) is 2.48. The number of ether oxygens (including phenoxy) is 1. The Hall–Kier alpha value is -1.51. The first-order valence-corrected chi connectivity index (χ1v) is 6.62. The number of aliphatic hydroxyl groups excluding tert-OH is 4. The number of rotatable bonds is 4. The van der Waals surface area contributed by atoms with E-state index in [2.05, 4.69) is 5.32 Å². The van der Waals surface area contributed by atoms with Crippen molar-refractivity contribution in [2.24, 2.45) is 0 Å². The van der Waals surface area contributed by atoms with Gasteiger partial charge in [0.15, 0.2) is 12.0 Å². The Morgan fingerprint density at radius 1 is 1.14 bits per heavy atom. The molecule has 0 aromatic heterocycles. The summed E-state index contributed by atoms with van der Waals surface area (Å²) in [6.07, 6.45) is -6.11. The molecule has 7 heteroatoms. The van der Waals surface area contributed by atoms with Crippen molar-refractivity contribution in [2.75, 3.05) is 11.9 Å². The number of carbonyl (C=O) groups excluding carboxylic acids is 1. The Balaban J connectivity index is 2.08. The first kappa shape index (κ1) is 15.9. The van der Waals surface area contributed by atoms with Crippen LogP contribution in [0, 0.1) is 0 Å². The van der Waals surface area contributed by atoms with E-state index >= 15 is 0 Å². The van der Waals surface area contributed by atoms with E-state index in [0.29, 0.717) is 11.3 Å². The average molecular weight is 297 g/mol. The molecule has 5 N–H and O–H groups in total. The van der Waals surface area contributed by atoms with E-state index < -0.39 is 37.3 Å². The number of aliphatic hydroxyl groups is 4. The van der Waals surface area contributed by atoms with Gasteiger partial charge in [0, 0.05) is 11.3 Å². The van der Waals surface area contributed by atoms with Gasteiger partial charge in [0.05, 0.1) is 6.61 Å². The normalized spacial score (nSPS) is 32.7. The Morgan fingerprint density at radius 2 is 1.76 bits per heavy atom. The lowest BCUT2D eigenvalue weighted by Gasteiger charge is -2.40. The molecular formula is C14H19NO6. The second-order valence-electron chi connectivity index (χ2n) is 5.03. The summed E-state index contributed by atoms with van der Waals surface area (Å²) in [6, 6.07) is 6.51. The lowest BCUT2D eigenvalue weighted by atomic mass is 9.98. The molecule has 116 valence electrons. The summed E-state index contributed by atoms with van der Waals surface area (Å²) < 4.78 is 5.32. The van der Waals surface area contributed by atoms with E-state index in [0.717, 1.165) is 0 Å². The highest BCUT2D eigenvalue weighted by molar-refractivity contribution is 5.94. The monoisotopic (exact) mass is 297 g/mol. The first-order chi connectivity index (χ1) is 9.93. The molecule has 1 fully saturated rings. The van der Waals surface area contributed by atoms with Gasteiger partial charge < -0.3 is 30.5 Å². The third-order valence-corrected chi connectivity index (χ3v) is 3.49. The van der Waals surface area contributed by atoms with Crippen LogP contribution in [0.1, 0.15) is 17.3 Å². The van der Waals surface area contributed by atoms with Crippen LogP contribution >= 0.6 is 0 Å². The number of ketones is 1. The molecule has 1 aliphatic heterocycles. The maximum Gasteiger partial charge on any atom is 0.159 e. The lowest BCUT2D eigenvalue weighted by molar-refractivity contribution is -0.221. The van der Waals surface area contributed by atoms with Gasteiger partial charge in [-0.1, -0.05) is 0 Å². The predicted octanol–water partition coefficient (Wildman–Crippen LogP) is -0.899. The number of hydrogen-bond acceptors (Lipinski definition) is 7. The van der Waals surface area contributed by atoms with Crippen molar-refractivity contribution < 1.29 is 30.0 Å². The first-order valence-electron chi connectivity index (χ1n) is 6.62.